The molecule has 188 valence electrons. The van der Waals surface area contributed by atoms with Gasteiger partial charge in [-0.05, 0) is 49.6 Å². The second-order valence-electron chi connectivity index (χ2n) is 7.63. The number of hydrogen-bond acceptors (Lipinski definition) is 6. The predicted molar refractivity (Wildman–Crippen MR) is 147 cm³/mol. The number of morpholine rings is 1. The molecule has 3 N–H and O–H groups in total. The Kier molecular flexibility index (Phi) is 17.2. The van der Waals surface area contributed by atoms with Crippen LogP contribution in [0.4, 0.5) is 0 Å². The number of aromatic nitrogens is 2. The van der Waals surface area contributed by atoms with Gasteiger partial charge in [0.15, 0.2) is 0 Å². The molecule has 2 heterocycles. The standard InChI is InChI=1S/C28H38N6O.K/c1-5-9-15-31-23-24(8-4)26(29)12-16-30-17-13-28(33-19-21-35-22-20-33)34-18-14-27(32-34)25(10-6-2)11-7-3;/h6-17,23,26,30H,2,5,19-22,29H2,1,3-4H3;/q-2;+1/b11-7-,15-9-,16-12-,24-8+,25-10+,28-13-,31-23-;. The number of allylic oxidation sites excluding steroid dienone is 7. The molecular formula is C28H38KN6O-. The zero-order chi connectivity index (χ0) is 25.3. The maximum Gasteiger partial charge on any atom is 1.00 e. The number of rotatable bonds is 13. The van der Waals surface area contributed by atoms with Crippen molar-refractivity contribution in [3.05, 3.63) is 97.7 Å². The summed E-state index contributed by atoms with van der Waals surface area (Å²) in [6.07, 6.45) is 25.1. The van der Waals surface area contributed by atoms with Crippen LogP contribution in [-0.4, -0.2) is 53.2 Å². The Morgan fingerprint density at radius 2 is 2.17 bits per heavy atom. The first-order valence-electron chi connectivity index (χ1n) is 12.0. The van der Waals surface area contributed by atoms with Crippen LogP contribution in [0.5, 0.6) is 0 Å². The molecule has 1 aliphatic rings. The normalized spacial score (nSPS) is 16.8. The molecule has 1 aliphatic heterocycles. The minimum atomic E-state index is -0.258. The summed E-state index contributed by atoms with van der Waals surface area (Å²) in [6, 6.07) is 1.62. The van der Waals surface area contributed by atoms with Crippen molar-refractivity contribution in [3.63, 3.8) is 0 Å². The molecule has 1 fully saturated rings. The molecule has 0 aliphatic carbocycles. The second kappa shape index (κ2) is 19.2. The third-order valence-electron chi connectivity index (χ3n) is 5.12. The van der Waals surface area contributed by atoms with Crippen molar-refractivity contribution in [2.75, 3.05) is 26.3 Å². The molecule has 36 heavy (non-hydrogen) atoms. The van der Waals surface area contributed by atoms with Gasteiger partial charge in [-0.15, -0.1) is 12.6 Å². The summed E-state index contributed by atoms with van der Waals surface area (Å²) in [7, 11) is 0. The Morgan fingerprint density at radius 1 is 1.39 bits per heavy atom. The van der Waals surface area contributed by atoms with E-state index in [1.807, 2.05) is 75.2 Å². The summed E-state index contributed by atoms with van der Waals surface area (Å²) in [6.45, 7) is 14.6. The van der Waals surface area contributed by atoms with Crippen molar-refractivity contribution in [1.82, 2.24) is 20.0 Å². The molecule has 0 saturated carbocycles. The number of nitrogens with zero attached hydrogens (tertiary/aromatic N) is 4. The molecule has 0 amide bonds. The quantitative estimate of drug-likeness (QED) is 0.137. The first kappa shape index (κ1) is 32.1. The Hall–Kier alpha value is -1.91. The molecular weight excluding hydrogens is 475 g/mol. The van der Waals surface area contributed by atoms with Crippen LogP contribution in [0.2, 0.25) is 0 Å². The van der Waals surface area contributed by atoms with E-state index < -0.39 is 0 Å². The van der Waals surface area contributed by atoms with Gasteiger partial charge in [-0.3, -0.25) is 10.1 Å². The summed E-state index contributed by atoms with van der Waals surface area (Å²) in [5, 5.41) is 7.94. The number of hydrogen-bond donors (Lipinski definition) is 2. The fourth-order valence-electron chi connectivity index (χ4n) is 3.28. The average molecular weight is 514 g/mol. The van der Waals surface area contributed by atoms with E-state index in [2.05, 4.69) is 34.9 Å². The van der Waals surface area contributed by atoms with E-state index in [9.17, 15) is 0 Å². The van der Waals surface area contributed by atoms with Crippen molar-refractivity contribution in [1.29, 1.82) is 0 Å². The van der Waals surface area contributed by atoms with Crippen LogP contribution >= 0.6 is 0 Å². The molecule has 0 bridgehead atoms. The molecule has 1 aromatic heterocycles. The van der Waals surface area contributed by atoms with Crippen molar-refractivity contribution in [2.24, 2.45) is 10.7 Å². The van der Waals surface area contributed by atoms with Gasteiger partial charge in [0.25, 0.3) is 0 Å². The third-order valence-corrected chi connectivity index (χ3v) is 5.12. The maximum absolute atomic E-state index is 6.27. The van der Waals surface area contributed by atoms with Gasteiger partial charge < -0.3 is 25.4 Å². The molecule has 8 heteroatoms. The van der Waals surface area contributed by atoms with Crippen molar-refractivity contribution >= 4 is 17.6 Å². The van der Waals surface area contributed by atoms with Gasteiger partial charge in [0.2, 0.25) is 0 Å². The monoisotopic (exact) mass is 513 g/mol. The summed E-state index contributed by atoms with van der Waals surface area (Å²) >= 11 is 0. The number of nitrogens with one attached hydrogen (secondary N) is 1. The van der Waals surface area contributed by atoms with E-state index in [1.54, 1.807) is 23.2 Å². The maximum atomic E-state index is 6.27. The van der Waals surface area contributed by atoms with Gasteiger partial charge in [-0.2, -0.15) is 6.08 Å². The Morgan fingerprint density at radius 3 is 2.83 bits per heavy atom. The molecule has 2 rings (SSSR count). The zero-order valence-electron chi connectivity index (χ0n) is 22.1. The van der Waals surface area contributed by atoms with Crippen LogP contribution in [0.15, 0.2) is 84.2 Å². The van der Waals surface area contributed by atoms with Gasteiger partial charge in [0, 0.05) is 25.5 Å². The van der Waals surface area contributed by atoms with Crippen LogP contribution in [-0.2, 0) is 4.74 Å². The summed E-state index contributed by atoms with van der Waals surface area (Å²) in [5.41, 5.74) is 9.02. The summed E-state index contributed by atoms with van der Waals surface area (Å²) < 4.78 is 7.30. The molecule has 1 atom stereocenters. The Bertz CT molecular complexity index is 993. The SMILES string of the molecule is C=C/C=C(\C=C/C)c1c[c-]n(/C(=C\[CH-]N/C=C\C(N)C(/C=N\C=C/CC)=C/C)N2CCOCC2)n1.[K+]. The van der Waals surface area contributed by atoms with E-state index >= 15 is 0 Å². The summed E-state index contributed by atoms with van der Waals surface area (Å²) in [5.74, 6) is 0.909. The third kappa shape index (κ3) is 11.0. The molecule has 1 saturated heterocycles. The predicted octanol–water partition coefficient (Wildman–Crippen LogP) is 1.50. The minimum absolute atomic E-state index is 0. The summed E-state index contributed by atoms with van der Waals surface area (Å²) in [4.78, 5) is 6.51. The van der Waals surface area contributed by atoms with E-state index in [0.29, 0.717) is 13.2 Å². The topological polar surface area (TPSA) is 80.7 Å². The Balaban J connectivity index is 0.00000648. The van der Waals surface area contributed by atoms with Crippen LogP contribution in [0, 0.1) is 12.7 Å². The Labute approximate surface area is 259 Å². The van der Waals surface area contributed by atoms with Gasteiger partial charge in [0.05, 0.1) is 19.3 Å². The number of ether oxygens (including phenoxy) is 1. The van der Waals surface area contributed by atoms with Crippen LogP contribution in [0.1, 0.15) is 32.9 Å². The molecule has 1 unspecified atom stereocenters. The van der Waals surface area contributed by atoms with Crippen molar-refractivity contribution in [2.45, 2.75) is 33.2 Å². The average Bonchev–Trinajstić information content (AvgIpc) is 3.36. The van der Waals surface area contributed by atoms with Crippen LogP contribution < -0.4 is 62.4 Å². The van der Waals surface area contributed by atoms with E-state index in [4.69, 9.17) is 15.6 Å². The number of aliphatic imine (C=N–C) groups is 1. The fraction of sp³-hybridized carbons (Fsp3) is 0.321. The minimum Gasteiger partial charge on any atom is -0.446 e. The molecule has 7 nitrogen and oxygen atoms in total. The first-order valence-corrected chi connectivity index (χ1v) is 12.0. The number of nitrogens with two attached hydrogens (primary N) is 1. The zero-order valence-corrected chi connectivity index (χ0v) is 25.2. The van der Waals surface area contributed by atoms with Crippen LogP contribution in [0.3, 0.4) is 0 Å². The molecule has 0 aromatic carbocycles. The second-order valence-corrected chi connectivity index (χ2v) is 7.63. The van der Waals surface area contributed by atoms with Gasteiger partial charge in [-0.25, -0.2) is 0 Å². The van der Waals surface area contributed by atoms with Gasteiger partial charge >= 0.3 is 51.4 Å². The van der Waals surface area contributed by atoms with E-state index in [-0.39, 0.29) is 57.4 Å². The van der Waals surface area contributed by atoms with E-state index in [1.165, 1.54) is 0 Å². The first-order chi connectivity index (χ1) is 17.1. The van der Waals surface area contributed by atoms with Gasteiger partial charge in [0.1, 0.15) is 0 Å². The largest absolute Gasteiger partial charge is 1.00 e. The fourth-order valence-corrected chi connectivity index (χ4v) is 3.28. The molecule has 1 aromatic rings. The van der Waals surface area contributed by atoms with E-state index in [0.717, 1.165) is 42.2 Å². The van der Waals surface area contributed by atoms with Crippen molar-refractivity contribution < 1.29 is 56.1 Å². The van der Waals surface area contributed by atoms with Crippen LogP contribution in [0.25, 0.3) is 11.4 Å². The van der Waals surface area contributed by atoms with Crippen molar-refractivity contribution in [3.8, 4) is 0 Å². The smallest absolute Gasteiger partial charge is 0.446 e. The van der Waals surface area contributed by atoms with Gasteiger partial charge in [-0.1, -0.05) is 61.7 Å². The molecule has 0 spiro atoms. The molecule has 0 radical (unpaired) electrons.